The summed E-state index contributed by atoms with van der Waals surface area (Å²) in [6, 6.07) is 1.91. The molecule has 0 aromatic carbocycles. The second-order valence-corrected chi connectivity index (χ2v) is 5.93. The maximum absolute atomic E-state index is 8.97. The van der Waals surface area contributed by atoms with E-state index >= 15 is 0 Å². The van der Waals surface area contributed by atoms with Crippen molar-refractivity contribution in [3.05, 3.63) is 22.9 Å². The van der Waals surface area contributed by atoms with Crippen LogP contribution in [-0.4, -0.2) is 22.1 Å². The van der Waals surface area contributed by atoms with Crippen LogP contribution < -0.4 is 10.5 Å². The third kappa shape index (κ3) is 3.65. The maximum Gasteiger partial charge on any atom is 0.225 e. The van der Waals surface area contributed by atoms with Crippen molar-refractivity contribution in [1.29, 1.82) is 0 Å². The molecule has 1 aliphatic rings. The van der Waals surface area contributed by atoms with Crippen LogP contribution in [0, 0.1) is 19.8 Å². The molecule has 2 atom stereocenters. The van der Waals surface area contributed by atoms with Gasteiger partial charge in [-0.1, -0.05) is 24.9 Å². The Kier molecular flexibility index (Phi) is 5.04. The largest absolute Gasteiger partial charge is 0.474 e. The van der Waals surface area contributed by atoms with E-state index in [0.717, 1.165) is 30.0 Å². The maximum atomic E-state index is 8.97. The minimum atomic E-state index is 0.0536. The molecule has 5 heteroatoms. The van der Waals surface area contributed by atoms with Crippen LogP contribution in [0.15, 0.2) is 11.2 Å². The van der Waals surface area contributed by atoms with E-state index in [1.165, 1.54) is 19.3 Å². The Hall–Kier alpha value is -1.78. The summed E-state index contributed by atoms with van der Waals surface area (Å²) in [6.07, 6.45) is 5.92. The van der Waals surface area contributed by atoms with E-state index in [1.54, 1.807) is 0 Å². The van der Waals surface area contributed by atoms with Gasteiger partial charge in [0.25, 0.3) is 0 Å². The summed E-state index contributed by atoms with van der Waals surface area (Å²) in [5, 5.41) is 12.1. The molecule has 0 radical (unpaired) electrons. The number of hydrogen-bond donors (Lipinski definition) is 2. The minimum absolute atomic E-state index is 0.0536. The van der Waals surface area contributed by atoms with Gasteiger partial charge in [-0.3, -0.25) is 0 Å². The summed E-state index contributed by atoms with van der Waals surface area (Å²) in [5.41, 5.74) is 8.17. The van der Waals surface area contributed by atoms with E-state index in [9.17, 15) is 0 Å². The van der Waals surface area contributed by atoms with Gasteiger partial charge in [-0.25, -0.2) is 4.98 Å². The smallest absolute Gasteiger partial charge is 0.225 e. The molecule has 5 nitrogen and oxygen atoms in total. The second-order valence-electron chi connectivity index (χ2n) is 5.93. The zero-order chi connectivity index (χ0) is 15.4. The standard InChI is InChI=1S/C16H25N3O2/c1-4-12-6-5-7-13(9-12)21-16-14(15(17)19-20)10(2)8-11(3)18-16/h8,12-13,20H,4-7,9H2,1-3H3,(H2,17,19). The number of nitrogens with zero attached hydrogens (tertiary/aromatic N) is 2. The van der Waals surface area contributed by atoms with Gasteiger partial charge in [-0.15, -0.1) is 0 Å². The highest BCUT2D eigenvalue weighted by atomic mass is 16.5. The van der Waals surface area contributed by atoms with Crippen molar-refractivity contribution in [2.75, 3.05) is 0 Å². The van der Waals surface area contributed by atoms with Gasteiger partial charge in [0.15, 0.2) is 5.84 Å². The second kappa shape index (κ2) is 6.78. The molecule has 0 saturated heterocycles. The van der Waals surface area contributed by atoms with Crippen molar-refractivity contribution in [2.45, 2.75) is 59.0 Å². The highest BCUT2D eigenvalue weighted by Crippen LogP contribution is 2.31. The third-order valence-corrected chi connectivity index (χ3v) is 4.27. The molecule has 1 aliphatic carbocycles. The molecular weight excluding hydrogens is 266 g/mol. The summed E-state index contributed by atoms with van der Waals surface area (Å²) < 4.78 is 6.12. The van der Waals surface area contributed by atoms with Crippen molar-refractivity contribution < 1.29 is 9.94 Å². The number of pyridine rings is 1. The number of aryl methyl sites for hydroxylation is 2. The van der Waals surface area contributed by atoms with E-state index in [4.69, 9.17) is 15.7 Å². The minimum Gasteiger partial charge on any atom is -0.474 e. The molecule has 1 saturated carbocycles. The third-order valence-electron chi connectivity index (χ3n) is 4.27. The predicted octanol–water partition coefficient (Wildman–Crippen LogP) is 3.14. The quantitative estimate of drug-likeness (QED) is 0.386. The molecule has 1 aromatic rings. The molecule has 1 aromatic heterocycles. The van der Waals surface area contributed by atoms with Gasteiger partial charge in [0.1, 0.15) is 6.10 Å². The van der Waals surface area contributed by atoms with E-state index in [-0.39, 0.29) is 11.9 Å². The van der Waals surface area contributed by atoms with Crippen molar-refractivity contribution in [3.8, 4) is 5.88 Å². The first-order valence-corrected chi connectivity index (χ1v) is 7.68. The Morgan fingerprint density at radius 2 is 2.24 bits per heavy atom. The van der Waals surface area contributed by atoms with Crippen molar-refractivity contribution >= 4 is 5.84 Å². The SMILES string of the molecule is CCC1CCCC(Oc2nc(C)cc(C)c2C(N)=NO)C1. The number of hydrogen-bond acceptors (Lipinski definition) is 4. The first-order valence-electron chi connectivity index (χ1n) is 7.68. The molecule has 0 amide bonds. The Balaban J connectivity index is 2.26. The number of ether oxygens (including phenoxy) is 1. The summed E-state index contributed by atoms with van der Waals surface area (Å²) in [7, 11) is 0. The van der Waals surface area contributed by atoms with Gasteiger partial charge in [-0.05, 0) is 50.7 Å². The molecule has 3 N–H and O–H groups in total. The Morgan fingerprint density at radius 3 is 2.90 bits per heavy atom. The summed E-state index contributed by atoms with van der Waals surface area (Å²) in [6.45, 7) is 6.07. The van der Waals surface area contributed by atoms with Crippen LogP contribution in [0.5, 0.6) is 5.88 Å². The van der Waals surface area contributed by atoms with E-state index in [0.29, 0.717) is 11.4 Å². The average Bonchev–Trinajstić information content (AvgIpc) is 2.46. The lowest BCUT2D eigenvalue weighted by Crippen LogP contribution is -2.27. The van der Waals surface area contributed by atoms with Crippen LogP contribution in [0.3, 0.4) is 0 Å². The molecule has 116 valence electrons. The molecule has 1 heterocycles. The number of nitrogens with two attached hydrogens (primary N) is 1. The van der Waals surface area contributed by atoms with Crippen LogP contribution in [0.25, 0.3) is 0 Å². The zero-order valence-corrected chi connectivity index (χ0v) is 13.1. The van der Waals surface area contributed by atoms with Gasteiger partial charge in [-0.2, -0.15) is 0 Å². The topological polar surface area (TPSA) is 80.7 Å². The van der Waals surface area contributed by atoms with Crippen LogP contribution in [0.1, 0.15) is 55.8 Å². The van der Waals surface area contributed by atoms with E-state index in [1.807, 2.05) is 19.9 Å². The van der Waals surface area contributed by atoms with Crippen LogP contribution in [0.2, 0.25) is 0 Å². The predicted molar refractivity (Wildman–Crippen MR) is 82.9 cm³/mol. The molecule has 0 aliphatic heterocycles. The zero-order valence-electron chi connectivity index (χ0n) is 13.1. The average molecular weight is 291 g/mol. The van der Waals surface area contributed by atoms with Gasteiger partial charge in [0.2, 0.25) is 5.88 Å². The first kappa shape index (κ1) is 15.6. The molecule has 2 unspecified atom stereocenters. The number of rotatable bonds is 4. The normalized spacial score (nSPS) is 23.1. The van der Waals surface area contributed by atoms with Crippen molar-refractivity contribution in [3.63, 3.8) is 0 Å². The molecule has 21 heavy (non-hydrogen) atoms. The van der Waals surface area contributed by atoms with Gasteiger partial charge in [0, 0.05) is 5.69 Å². The molecule has 1 fully saturated rings. The fraction of sp³-hybridized carbons (Fsp3) is 0.625. The highest BCUT2D eigenvalue weighted by molar-refractivity contribution is 6.00. The van der Waals surface area contributed by atoms with Crippen LogP contribution in [-0.2, 0) is 0 Å². The summed E-state index contributed by atoms with van der Waals surface area (Å²) in [4.78, 5) is 4.45. The van der Waals surface area contributed by atoms with Crippen molar-refractivity contribution in [2.24, 2.45) is 16.8 Å². The molecule has 0 spiro atoms. The fourth-order valence-electron chi connectivity index (χ4n) is 3.13. The van der Waals surface area contributed by atoms with E-state index < -0.39 is 0 Å². The summed E-state index contributed by atoms with van der Waals surface area (Å²) in [5.74, 6) is 1.27. The Labute approximate surface area is 126 Å². The van der Waals surface area contributed by atoms with Crippen LogP contribution in [0.4, 0.5) is 0 Å². The van der Waals surface area contributed by atoms with Gasteiger partial charge in [0.05, 0.1) is 5.56 Å². The fourth-order valence-corrected chi connectivity index (χ4v) is 3.13. The highest BCUT2D eigenvalue weighted by Gasteiger charge is 2.24. The Morgan fingerprint density at radius 1 is 1.48 bits per heavy atom. The number of aromatic nitrogens is 1. The lowest BCUT2D eigenvalue weighted by atomic mass is 9.85. The monoisotopic (exact) mass is 291 g/mol. The van der Waals surface area contributed by atoms with Crippen molar-refractivity contribution in [1.82, 2.24) is 4.98 Å². The Bertz CT molecular complexity index is 528. The van der Waals surface area contributed by atoms with Gasteiger partial charge < -0.3 is 15.7 Å². The molecule has 2 rings (SSSR count). The lowest BCUT2D eigenvalue weighted by Gasteiger charge is -2.29. The first-order chi connectivity index (χ1) is 10.0. The number of oxime groups is 1. The number of amidine groups is 1. The van der Waals surface area contributed by atoms with Gasteiger partial charge >= 0.3 is 0 Å². The lowest BCUT2D eigenvalue weighted by molar-refractivity contribution is 0.116. The van der Waals surface area contributed by atoms with Crippen LogP contribution >= 0.6 is 0 Å². The summed E-state index contributed by atoms with van der Waals surface area (Å²) >= 11 is 0. The van der Waals surface area contributed by atoms with E-state index in [2.05, 4.69) is 17.1 Å². The molecular formula is C16H25N3O2. The molecule has 0 bridgehead atoms.